The van der Waals surface area contributed by atoms with Crippen LogP contribution < -0.4 is 14.8 Å². The molecule has 20 heavy (non-hydrogen) atoms. The number of carbonyl (C=O) groups excluding carboxylic acids is 1. The van der Waals surface area contributed by atoms with E-state index in [2.05, 4.69) is 21.2 Å². The van der Waals surface area contributed by atoms with Gasteiger partial charge in [0.15, 0.2) is 0 Å². The molecule has 0 unspecified atom stereocenters. The Morgan fingerprint density at radius 3 is 2.55 bits per heavy atom. The van der Waals surface area contributed by atoms with Gasteiger partial charge in [-0.2, -0.15) is 0 Å². The lowest BCUT2D eigenvalue weighted by atomic mass is 10.2. The average Bonchev–Trinajstić information content (AvgIpc) is 2.78. The maximum Gasteiger partial charge on any atom is 0.265 e. The number of anilines is 1. The molecular formula is C14H14BrNO3S. The fraction of sp³-hybridized carbons (Fsp3) is 0.214. The van der Waals surface area contributed by atoms with Gasteiger partial charge in [0.05, 0.1) is 28.6 Å². The van der Waals surface area contributed by atoms with E-state index in [0.717, 1.165) is 9.35 Å². The van der Waals surface area contributed by atoms with Gasteiger partial charge in [0, 0.05) is 6.07 Å². The Bertz CT molecular complexity index is 620. The number of amides is 1. The predicted octanol–water partition coefficient (Wildman–Crippen LogP) is 4.09. The number of aryl methyl sites for hydroxylation is 1. The Kier molecular flexibility index (Phi) is 4.67. The van der Waals surface area contributed by atoms with Crippen molar-refractivity contribution in [3.05, 3.63) is 38.5 Å². The predicted molar refractivity (Wildman–Crippen MR) is 84.3 cm³/mol. The number of hydrogen-bond acceptors (Lipinski definition) is 4. The van der Waals surface area contributed by atoms with Gasteiger partial charge in [0.25, 0.3) is 5.91 Å². The standard InChI is InChI=1S/C14H14BrNO3S/c1-8-6-12(20-13(8)15)14(17)16-10-7-9(18-2)4-5-11(10)19-3/h4-7H,1-3H3,(H,16,17). The Balaban J connectivity index is 2.26. The van der Waals surface area contributed by atoms with Crippen LogP contribution in [0.2, 0.25) is 0 Å². The molecule has 0 atom stereocenters. The topological polar surface area (TPSA) is 47.6 Å². The second-order valence-electron chi connectivity index (χ2n) is 4.09. The molecule has 6 heteroatoms. The number of ether oxygens (including phenoxy) is 2. The highest BCUT2D eigenvalue weighted by Gasteiger charge is 2.14. The summed E-state index contributed by atoms with van der Waals surface area (Å²) in [6.07, 6.45) is 0. The SMILES string of the molecule is COc1ccc(OC)c(NC(=O)c2cc(C)c(Br)s2)c1. The first-order chi connectivity index (χ1) is 9.55. The Morgan fingerprint density at radius 1 is 1.25 bits per heavy atom. The van der Waals surface area contributed by atoms with Crippen LogP contribution >= 0.6 is 27.3 Å². The van der Waals surface area contributed by atoms with Crippen LogP contribution in [0.4, 0.5) is 5.69 Å². The van der Waals surface area contributed by atoms with Gasteiger partial charge in [-0.05, 0) is 46.6 Å². The van der Waals surface area contributed by atoms with Crippen molar-refractivity contribution in [2.75, 3.05) is 19.5 Å². The van der Waals surface area contributed by atoms with Crippen LogP contribution in [0.3, 0.4) is 0 Å². The first-order valence-electron chi connectivity index (χ1n) is 5.84. The van der Waals surface area contributed by atoms with E-state index in [4.69, 9.17) is 9.47 Å². The van der Waals surface area contributed by atoms with E-state index in [-0.39, 0.29) is 5.91 Å². The van der Waals surface area contributed by atoms with Crippen LogP contribution in [0.5, 0.6) is 11.5 Å². The molecule has 2 rings (SSSR count). The van der Waals surface area contributed by atoms with Crippen molar-refractivity contribution < 1.29 is 14.3 Å². The molecule has 0 aliphatic rings. The molecule has 1 heterocycles. The Morgan fingerprint density at radius 2 is 2.00 bits per heavy atom. The molecule has 0 aliphatic carbocycles. The molecule has 1 aromatic heterocycles. The smallest absolute Gasteiger partial charge is 0.265 e. The highest BCUT2D eigenvalue weighted by Crippen LogP contribution is 2.31. The highest BCUT2D eigenvalue weighted by molar-refractivity contribution is 9.11. The van der Waals surface area contributed by atoms with E-state index < -0.39 is 0 Å². The van der Waals surface area contributed by atoms with E-state index in [1.807, 2.05) is 13.0 Å². The molecule has 4 nitrogen and oxygen atoms in total. The van der Waals surface area contributed by atoms with Gasteiger partial charge in [-0.25, -0.2) is 0 Å². The second-order valence-corrected chi connectivity index (χ2v) is 6.46. The largest absolute Gasteiger partial charge is 0.497 e. The van der Waals surface area contributed by atoms with Crippen molar-refractivity contribution in [1.82, 2.24) is 0 Å². The molecule has 0 saturated carbocycles. The zero-order valence-electron chi connectivity index (χ0n) is 11.3. The summed E-state index contributed by atoms with van der Waals surface area (Å²) in [4.78, 5) is 12.9. The zero-order chi connectivity index (χ0) is 14.7. The minimum atomic E-state index is -0.171. The van der Waals surface area contributed by atoms with Gasteiger partial charge < -0.3 is 14.8 Å². The Hall–Kier alpha value is -1.53. The average molecular weight is 356 g/mol. The minimum absolute atomic E-state index is 0.171. The fourth-order valence-electron chi connectivity index (χ4n) is 1.67. The molecule has 2 aromatic rings. The molecule has 1 N–H and O–H groups in total. The van der Waals surface area contributed by atoms with E-state index in [1.165, 1.54) is 11.3 Å². The summed E-state index contributed by atoms with van der Waals surface area (Å²) in [5.74, 6) is 1.08. The van der Waals surface area contributed by atoms with Gasteiger partial charge in [0.1, 0.15) is 11.5 Å². The normalized spacial score (nSPS) is 10.2. The molecule has 0 aliphatic heterocycles. The number of rotatable bonds is 4. The number of hydrogen-bond donors (Lipinski definition) is 1. The third-order valence-corrected chi connectivity index (χ3v) is 4.87. The van der Waals surface area contributed by atoms with Crippen molar-refractivity contribution in [1.29, 1.82) is 0 Å². The quantitative estimate of drug-likeness (QED) is 0.898. The summed E-state index contributed by atoms with van der Waals surface area (Å²) in [7, 11) is 3.14. The molecule has 0 fully saturated rings. The monoisotopic (exact) mass is 355 g/mol. The van der Waals surface area contributed by atoms with Gasteiger partial charge >= 0.3 is 0 Å². The maximum absolute atomic E-state index is 12.2. The molecule has 1 amide bonds. The lowest BCUT2D eigenvalue weighted by molar-refractivity contribution is 0.103. The van der Waals surface area contributed by atoms with Crippen LogP contribution in [0.1, 0.15) is 15.2 Å². The number of halogens is 1. The summed E-state index contributed by atoms with van der Waals surface area (Å²) in [6.45, 7) is 1.95. The van der Waals surface area contributed by atoms with Crippen molar-refractivity contribution in [3.8, 4) is 11.5 Å². The minimum Gasteiger partial charge on any atom is -0.497 e. The summed E-state index contributed by atoms with van der Waals surface area (Å²) in [6, 6.07) is 7.10. The van der Waals surface area contributed by atoms with E-state index in [9.17, 15) is 4.79 Å². The third-order valence-electron chi connectivity index (χ3n) is 2.74. The number of methoxy groups -OCH3 is 2. The van der Waals surface area contributed by atoms with Crippen molar-refractivity contribution >= 4 is 38.9 Å². The number of carbonyl (C=O) groups is 1. The van der Waals surface area contributed by atoms with Crippen LogP contribution in [0.25, 0.3) is 0 Å². The maximum atomic E-state index is 12.2. The van der Waals surface area contributed by atoms with Gasteiger partial charge in [0.2, 0.25) is 0 Å². The summed E-state index contributed by atoms with van der Waals surface area (Å²) in [5.41, 5.74) is 1.62. The van der Waals surface area contributed by atoms with Gasteiger partial charge in [-0.1, -0.05) is 0 Å². The van der Waals surface area contributed by atoms with E-state index >= 15 is 0 Å². The van der Waals surface area contributed by atoms with Crippen LogP contribution in [-0.4, -0.2) is 20.1 Å². The molecule has 0 radical (unpaired) electrons. The zero-order valence-corrected chi connectivity index (χ0v) is 13.7. The number of benzene rings is 1. The Labute approximate surface area is 129 Å². The molecule has 106 valence electrons. The number of thiophene rings is 1. The summed E-state index contributed by atoms with van der Waals surface area (Å²) < 4.78 is 11.3. The summed E-state index contributed by atoms with van der Waals surface area (Å²) >= 11 is 4.81. The van der Waals surface area contributed by atoms with Crippen molar-refractivity contribution in [2.24, 2.45) is 0 Å². The van der Waals surface area contributed by atoms with Crippen LogP contribution in [0, 0.1) is 6.92 Å². The highest BCUT2D eigenvalue weighted by atomic mass is 79.9. The molecule has 0 spiro atoms. The second kappa shape index (κ2) is 6.28. The number of nitrogens with one attached hydrogen (secondary N) is 1. The van der Waals surface area contributed by atoms with Crippen LogP contribution in [0.15, 0.2) is 28.1 Å². The van der Waals surface area contributed by atoms with Gasteiger partial charge in [-0.3, -0.25) is 4.79 Å². The van der Waals surface area contributed by atoms with Gasteiger partial charge in [-0.15, -0.1) is 11.3 Å². The lowest BCUT2D eigenvalue weighted by Gasteiger charge is -2.11. The van der Waals surface area contributed by atoms with Crippen molar-refractivity contribution in [2.45, 2.75) is 6.92 Å². The van der Waals surface area contributed by atoms with E-state index in [0.29, 0.717) is 22.1 Å². The first kappa shape index (κ1) is 14.9. The fourth-order valence-corrected chi connectivity index (χ4v) is 3.10. The van der Waals surface area contributed by atoms with E-state index in [1.54, 1.807) is 32.4 Å². The summed E-state index contributed by atoms with van der Waals surface area (Å²) in [5, 5.41) is 2.84. The third kappa shape index (κ3) is 3.13. The molecule has 1 aromatic carbocycles. The molecular weight excluding hydrogens is 342 g/mol. The van der Waals surface area contributed by atoms with Crippen LogP contribution in [-0.2, 0) is 0 Å². The lowest BCUT2D eigenvalue weighted by Crippen LogP contribution is -2.11. The first-order valence-corrected chi connectivity index (χ1v) is 7.45. The molecule has 0 saturated heterocycles. The molecule has 0 bridgehead atoms. The van der Waals surface area contributed by atoms with Crippen molar-refractivity contribution in [3.63, 3.8) is 0 Å².